The highest BCUT2D eigenvalue weighted by atomic mass is 16.4. The zero-order valence-electron chi connectivity index (χ0n) is 9.94. The first-order chi connectivity index (χ1) is 8.17. The van der Waals surface area contributed by atoms with Crippen molar-refractivity contribution >= 4 is 5.97 Å². The maximum absolute atomic E-state index is 10.8. The van der Waals surface area contributed by atoms with E-state index in [-0.39, 0.29) is 6.04 Å². The summed E-state index contributed by atoms with van der Waals surface area (Å²) < 4.78 is 0. The Hall–Kier alpha value is -1.79. The molecule has 2 N–H and O–H groups in total. The molecule has 3 nitrogen and oxygen atoms in total. The Morgan fingerprint density at radius 3 is 2.94 bits per heavy atom. The van der Waals surface area contributed by atoms with E-state index in [2.05, 4.69) is 18.2 Å². The quantitative estimate of drug-likeness (QED) is 0.738. The van der Waals surface area contributed by atoms with Crippen LogP contribution in [-0.4, -0.2) is 17.1 Å². The Bertz CT molecular complexity index is 420. The highest BCUT2D eigenvalue weighted by Gasteiger charge is 2.06. The van der Waals surface area contributed by atoms with E-state index < -0.39 is 5.97 Å². The van der Waals surface area contributed by atoms with Crippen LogP contribution in [0.5, 0.6) is 0 Å². The Balaban J connectivity index is 2.60. The Kier molecular flexibility index (Phi) is 5.25. The molecule has 1 aromatic carbocycles. The van der Waals surface area contributed by atoms with Gasteiger partial charge in [-0.15, -0.1) is 12.3 Å². The lowest BCUT2D eigenvalue weighted by molar-refractivity contribution is 0.0696. The smallest absolute Gasteiger partial charge is 0.335 e. The van der Waals surface area contributed by atoms with Crippen LogP contribution in [0.15, 0.2) is 24.3 Å². The summed E-state index contributed by atoms with van der Waals surface area (Å²) in [6.07, 6.45) is 6.92. The van der Waals surface area contributed by atoms with Crippen LogP contribution in [0, 0.1) is 12.3 Å². The number of carbonyl (C=O) groups is 1. The second-order valence-corrected chi connectivity index (χ2v) is 3.90. The molecule has 0 aromatic heterocycles. The Morgan fingerprint density at radius 1 is 1.59 bits per heavy atom. The third-order valence-electron chi connectivity index (χ3n) is 2.63. The van der Waals surface area contributed by atoms with Gasteiger partial charge < -0.3 is 10.4 Å². The summed E-state index contributed by atoms with van der Waals surface area (Å²) in [5.41, 5.74) is 1.27. The Morgan fingerprint density at radius 2 is 2.35 bits per heavy atom. The maximum atomic E-state index is 10.8. The average molecular weight is 231 g/mol. The summed E-state index contributed by atoms with van der Waals surface area (Å²) in [5.74, 6) is 1.73. The standard InChI is InChI=1S/C14H17NO2/c1-3-6-13(4-2)15-10-11-7-5-8-12(9-11)14(16)17/h1,5,7-9,13,15H,4,6,10H2,2H3,(H,16,17). The first-order valence-electron chi connectivity index (χ1n) is 5.66. The number of aromatic carboxylic acids is 1. The van der Waals surface area contributed by atoms with Crippen LogP contribution >= 0.6 is 0 Å². The van der Waals surface area contributed by atoms with Gasteiger partial charge in [-0.05, 0) is 24.1 Å². The summed E-state index contributed by atoms with van der Waals surface area (Å²) in [6.45, 7) is 2.71. The molecule has 0 radical (unpaired) electrons. The molecule has 0 spiro atoms. The number of nitrogens with one attached hydrogen (secondary N) is 1. The highest BCUT2D eigenvalue weighted by molar-refractivity contribution is 5.87. The lowest BCUT2D eigenvalue weighted by Gasteiger charge is -2.14. The normalized spacial score (nSPS) is 11.8. The van der Waals surface area contributed by atoms with E-state index in [1.165, 1.54) is 0 Å². The van der Waals surface area contributed by atoms with Crippen molar-refractivity contribution in [3.05, 3.63) is 35.4 Å². The fourth-order valence-electron chi connectivity index (χ4n) is 1.58. The molecule has 3 heteroatoms. The maximum Gasteiger partial charge on any atom is 0.335 e. The topological polar surface area (TPSA) is 49.3 Å². The van der Waals surface area contributed by atoms with Gasteiger partial charge in [-0.3, -0.25) is 0 Å². The number of rotatable bonds is 6. The molecule has 1 rings (SSSR count). The molecule has 1 atom stereocenters. The molecule has 0 aliphatic rings. The van der Waals surface area contributed by atoms with Crippen molar-refractivity contribution in [2.24, 2.45) is 0 Å². The summed E-state index contributed by atoms with van der Waals surface area (Å²) in [6, 6.07) is 7.21. The summed E-state index contributed by atoms with van der Waals surface area (Å²) >= 11 is 0. The molecule has 0 bridgehead atoms. The minimum atomic E-state index is -0.900. The SMILES string of the molecule is C#CCC(CC)NCc1cccc(C(=O)O)c1. The van der Waals surface area contributed by atoms with Crippen LogP contribution < -0.4 is 5.32 Å². The Labute approximate surface area is 102 Å². The lowest BCUT2D eigenvalue weighted by Crippen LogP contribution is -2.27. The predicted molar refractivity (Wildman–Crippen MR) is 67.8 cm³/mol. The number of carboxylic acid groups (broad SMARTS) is 1. The number of hydrogen-bond acceptors (Lipinski definition) is 2. The molecular formula is C14H17NO2. The van der Waals surface area contributed by atoms with E-state index in [1.807, 2.05) is 6.07 Å². The van der Waals surface area contributed by atoms with Crippen molar-refractivity contribution in [1.82, 2.24) is 5.32 Å². The van der Waals surface area contributed by atoms with E-state index in [4.69, 9.17) is 11.5 Å². The molecule has 17 heavy (non-hydrogen) atoms. The van der Waals surface area contributed by atoms with Crippen molar-refractivity contribution in [3.8, 4) is 12.3 Å². The minimum absolute atomic E-state index is 0.286. The van der Waals surface area contributed by atoms with Gasteiger partial charge >= 0.3 is 5.97 Å². The van der Waals surface area contributed by atoms with Gasteiger partial charge in [0.2, 0.25) is 0 Å². The molecule has 1 unspecified atom stereocenters. The molecule has 90 valence electrons. The number of hydrogen-bond donors (Lipinski definition) is 2. The van der Waals surface area contributed by atoms with E-state index >= 15 is 0 Å². The zero-order chi connectivity index (χ0) is 12.7. The van der Waals surface area contributed by atoms with Crippen molar-refractivity contribution in [2.75, 3.05) is 0 Å². The van der Waals surface area contributed by atoms with Gasteiger partial charge in [-0.1, -0.05) is 19.1 Å². The molecule has 0 aliphatic carbocycles. The third-order valence-corrected chi connectivity index (χ3v) is 2.63. The van der Waals surface area contributed by atoms with E-state index in [1.54, 1.807) is 18.2 Å². The fourth-order valence-corrected chi connectivity index (χ4v) is 1.58. The lowest BCUT2D eigenvalue weighted by atomic mass is 10.1. The predicted octanol–water partition coefficient (Wildman–Crippen LogP) is 2.28. The van der Waals surface area contributed by atoms with Crippen LogP contribution in [0.25, 0.3) is 0 Å². The number of carboxylic acids is 1. The number of benzene rings is 1. The minimum Gasteiger partial charge on any atom is -0.478 e. The second-order valence-electron chi connectivity index (χ2n) is 3.90. The van der Waals surface area contributed by atoms with E-state index in [0.29, 0.717) is 18.5 Å². The van der Waals surface area contributed by atoms with Gasteiger partial charge in [0.1, 0.15) is 0 Å². The van der Waals surface area contributed by atoms with Gasteiger partial charge in [0, 0.05) is 19.0 Å². The van der Waals surface area contributed by atoms with Crippen molar-refractivity contribution in [1.29, 1.82) is 0 Å². The van der Waals surface area contributed by atoms with Gasteiger partial charge in [0.05, 0.1) is 5.56 Å². The van der Waals surface area contributed by atoms with Gasteiger partial charge in [-0.25, -0.2) is 4.79 Å². The van der Waals surface area contributed by atoms with Gasteiger partial charge in [0.15, 0.2) is 0 Å². The van der Waals surface area contributed by atoms with Gasteiger partial charge in [-0.2, -0.15) is 0 Å². The van der Waals surface area contributed by atoms with Crippen molar-refractivity contribution in [2.45, 2.75) is 32.4 Å². The highest BCUT2D eigenvalue weighted by Crippen LogP contribution is 2.06. The average Bonchev–Trinajstić information content (AvgIpc) is 2.34. The van der Waals surface area contributed by atoms with Crippen LogP contribution in [-0.2, 0) is 6.54 Å². The van der Waals surface area contributed by atoms with Crippen LogP contribution in [0.4, 0.5) is 0 Å². The molecule has 0 heterocycles. The first-order valence-corrected chi connectivity index (χ1v) is 5.66. The zero-order valence-corrected chi connectivity index (χ0v) is 9.94. The molecule has 0 aliphatic heterocycles. The molecule has 0 saturated heterocycles. The third kappa shape index (κ3) is 4.29. The number of terminal acetylenes is 1. The molecule has 0 amide bonds. The fraction of sp³-hybridized carbons (Fsp3) is 0.357. The summed E-state index contributed by atoms with van der Waals surface area (Å²) in [5, 5.41) is 12.2. The second kappa shape index (κ2) is 6.72. The largest absolute Gasteiger partial charge is 0.478 e. The molecule has 0 saturated carbocycles. The van der Waals surface area contributed by atoms with Crippen molar-refractivity contribution in [3.63, 3.8) is 0 Å². The molecule has 1 aromatic rings. The van der Waals surface area contributed by atoms with E-state index in [9.17, 15) is 4.79 Å². The van der Waals surface area contributed by atoms with Crippen molar-refractivity contribution < 1.29 is 9.90 Å². The van der Waals surface area contributed by atoms with Gasteiger partial charge in [0.25, 0.3) is 0 Å². The monoisotopic (exact) mass is 231 g/mol. The van der Waals surface area contributed by atoms with E-state index in [0.717, 1.165) is 12.0 Å². The molecule has 0 fully saturated rings. The van der Waals surface area contributed by atoms with Crippen LogP contribution in [0.3, 0.4) is 0 Å². The molecular weight excluding hydrogens is 214 g/mol. The van der Waals surface area contributed by atoms with Crippen LogP contribution in [0.2, 0.25) is 0 Å². The van der Waals surface area contributed by atoms with Crippen LogP contribution in [0.1, 0.15) is 35.7 Å². The first kappa shape index (κ1) is 13.3. The summed E-state index contributed by atoms with van der Waals surface area (Å²) in [7, 11) is 0. The summed E-state index contributed by atoms with van der Waals surface area (Å²) in [4.78, 5) is 10.8.